The van der Waals surface area contributed by atoms with Crippen LogP contribution in [0.15, 0.2) is 18.3 Å². The lowest BCUT2D eigenvalue weighted by molar-refractivity contribution is 0.179. The molecule has 1 aromatic rings. The Labute approximate surface area is 97.5 Å². The fourth-order valence-electron chi connectivity index (χ4n) is 2.30. The molecule has 0 radical (unpaired) electrons. The van der Waals surface area contributed by atoms with Crippen LogP contribution in [0.5, 0.6) is 0 Å². The molecule has 1 heterocycles. The minimum Gasteiger partial charge on any atom is -0.397 e. The minimum atomic E-state index is 0.438. The Balaban J connectivity index is 1.77. The van der Waals surface area contributed by atoms with Crippen molar-refractivity contribution in [2.75, 3.05) is 12.3 Å². The lowest BCUT2D eigenvalue weighted by Gasteiger charge is -2.42. The topological polar surface area (TPSA) is 50.9 Å². The maximum Gasteiger partial charge on any atom is 0.0501 e. The third kappa shape index (κ3) is 2.53. The van der Waals surface area contributed by atoms with E-state index in [1.165, 1.54) is 25.7 Å². The number of pyridine rings is 1. The van der Waals surface area contributed by atoms with Gasteiger partial charge in [0, 0.05) is 24.2 Å². The van der Waals surface area contributed by atoms with E-state index in [1.807, 2.05) is 12.1 Å². The second-order valence-electron chi connectivity index (χ2n) is 4.75. The van der Waals surface area contributed by atoms with Gasteiger partial charge in [-0.05, 0) is 37.8 Å². The first kappa shape index (κ1) is 11.4. The summed E-state index contributed by atoms with van der Waals surface area (Å²) in [4.78, 5) is 4.30. The number of nitrogens with two attached hydrogens (primary N) is 1. The summed E-state index contributed by atoms with van der Waals surface area (Å²) in [6, 6.07) is 3.93. The van der Waals surface area contributed by atoms with Gasteiger partial charge in [-0.15, -0.1) is 0 Å². The molecule has 0 amide bonds. The highest BCUT2D eigenvalue weighted by Crippen LogP contribution is 2.34. The number of anilines is 1. The molecular formula is C13H21N3. The Morgan fingerprint density at radius 1 is 1.44 bits per heavy atom. The van der Waals surface area contributed by atoms with Gasteiger partial charge < -0.3 is 11.1 Å². The summed E-state index contributed by atoms with van der Waals surface area (Å²) >= 11 is 0. The predicted molar refractivity (Wildman–Crippen MR) is 67.2 cm³/mol. The van der Waals surface area contributed by atoms with E-state index in [9.17, 15) is 0 Å². The smallest absolute Gasteiger partial charge is 0.0501 e. The van der Waals surface area contributed by atoms with Crippen molar-refractivity contribution in [3.05, 3.63) is 24.0 Å². The molecule has 0 unspecified atom stereocenters. The second-order valence-corrected chi connectivity index (χ2v) is 4.75. The van der Waals surface area contributed by atoms with E-state index in [1.54, 1.807) is 6.20 Å². The largest absolute Gasteiger partial charge is 0.397 e. The molecule has 2 rings (SSSR count). The van der Waals surface area contributed by atoms with Crippen LogP contribution in [-0.2, 0) is 6.42 Å². The fourth-order valence-corrected chi connectivity index (χ4v) is 2.30. The van der Waals surface area contributed by atoms with Crippen molar-refractivity contribution in [1.82, 2.24) is 10.3 Å². The molecule has 0 aliphatic heterocycles. The molecule has 3 N–H and O–H groups in total. The molecule has 88 valence electrons. The Morgan fingerprint density at radius 3 is 2.75 bits per heavy atom. The SMILES string of the molecule is CCC1(NCCc2ccc(N)cn2)CCC1. The summed E-state index contributed by atoms with van der Waals surface area (Å²) in [7, 11) is 0. The summed E-state index contributed by atoms with van der Waals surface area (Å²) in [5.74, 6) is 0. The van der Waals surface area contributed by atoms with Crippen molar-refractivity contribution in [3.63, 3.8) is 0 Å². The van der Waals surface area contributed by atoms with Gasteiger partial charge in [-0.3, -0.25) is 4.98 Å². The normalized spacial score (nSPS) is 18.1. The van der Waals surface area contributed by atoms with E-state index in [0.717, 1.165) is 24.3 Å². The molecule has 0 spiro atoms. The monoisotopic (exact) mass is 219 g/mol. The Hall–Kier alpha value is -1.09. The highest BCUT2D eigenvalue weighted by atomic mass is 15.0. The van der Waals surface area contributed by atoms with Crippen molar-refractivity contribution < 1.29 is 0 Å². The van der Waals surface area contributed by atoms with Crippen molar-refractivity contribution in [3.8, 4) is 0 Å². The first-order valence-electron chi connectivity index (χ1n) is 6.19. The summed E-state index contributed by atoms with van der Waals surface area (Å²) in [5.41, 5.74) is 7.89. The minimum absolute atomic E-state index is 0.438. The quantitative estimate of drug-likeness (QED) is 0.797. The van der Waals surface area contributed by atoms with Crippen LogP contribution in [0.4, 0.5) is 5.69 Å². The van der Waals surface area contributed by atoms with E-state index >= 15 is 0 Å². The maximum absolute atomic E-state index is 5.60. The van der Waals surface area contributed by atoms with Crippen LogP contribution in [0.1, 0.15) is 38.3 Å². The zero-order valence-corrected chi connectivity index (χ0v) is 10.00. The summed E-state index contributed by atoms with van der Waals surface area (Å²) in [6.45, 7) is 3.29. The van der Waals surface area contributed by atoms with Crippen LogP contribution in [0.25, 0.3) is 0 Å². The standard InChI is InChI=1S/C13H21N3/c1-2-13(7-3-8-13)16-9-6-12-5-4-11(14)10-15-12/h4-5,10,16H,2-3,6-9,14H2,1H3. The summed E-state index contributed by atoms with van der Waals surface area (Å²) in [6.07, 6.45) is 8.00. The summed E-state index contributed by atoms with van der Waals surface area (Å²) < 4.78 is 0. The molecule has 1 aliphatic carbocycles. The van der Waals surface area contributed by atoms with Crippen LogP contribution in [0.3, 0.4) is 0 Å². The number of hydrogen-bond acceptors (Lipinski definition) is 3. The molecule has 0 bridgehead atoms. The highest BCUT2D eigenvalue weighted by molar-refractivity contribution is 5.34. The van der Waals surface area contributed by atoms with Gasteiger partial charge in [-0.1, -0.05) is 6.92 Å². The molecule has 0 aromatic carbocycles. The first-order chi connectivity index (χ1) is 7.74. The van der Waals surface area contributed by atoms with Crippen molar-refractivity contribution in [1.29, 1.82) is 0 Å². The molecular weight excluding hydrogens is 198 g/mol. The summed E-state index contributed by atoms with van der Waals surface area (Å²) in [5, 5.41) is 3.67. The van der Waals surface area contributed by atoms with Crippen LogP contribution in [-0.4, -0.2) is 17.1 Å². The average molecular weight is 219 g/mol. The van der Waals surface area contributed by atoms with Gasteiger partial charge in [0.25, 0.3) is 0 Å². The van der Waals surface area contributed by atoms with Crippen LogP contribution < -0.4 is 11.1 Å². The van der Waals surface area contributed by atoms with Gasteiger partial charge >= 0.3 is 0 Å². The van der Waals surface area contributed by atoms with Crippen molar-refractivity contribution in [2.45, 2.75) is 44.6 Å². The van der Waals surface area contributed by atoms with E-state index in [4.69, 9.17) is 5.73 Å². The van der Waals surface area contributed by atoms with Gasteiger partial charge in [-0.25, -0.2) is 0 Å². The highest BCUT2D eigenvalue weighted by Gasteiger charge is 2.33. The van der Waals surface area contributed by atoms with Gasteiger partial charge in [0.2, 0.25) is 0 Å². The molecule has 1 aliphatic rings. The molecule has 1 fully saturated rings. The number of nitrogen functional groups attached to an aromatic ring is 1. The third-order valence-electron chi connectivity index (χ3n) is 3.72. The fraction of sp³-hybridized carbons (Fsp3) is 0.615. The lowest BCUT2D eigenvalue weighted by Crippen LogP contribution is -2.51. The number of rotatable bonds is 5. The van der Waals surface area contributed by atoms with Gasteiger partial charge in [0.05, 0.1) is 11.9 Å². The number of nitrogens with zero attached hydrogens (tertiary/aromatic N) is 1. The third-order valence-corrected chi connectivity index (χ3v) is 3.72. The number of hydrogen-bond donors (Lipinski definition) is 2. The Morgan fingerprint density at radius 2 is 2.25 bits per heavy atom. The van der Waals surface area contributed by atoms with Crippen LogP contribution in [0.2, 0.25) is 0 Å². The zero-order valence-electron chi connectivity index (χ0n) is 10.00. The zero-order chi connectivity index (χ0) is 11.4. The predicted octanol–water partition coefficient (Wildman–Crippen LogP) is 2.13. The van der Waals surface area contributed by atoms with Gasteiger partial charge in [0.15, 0.2) is 0 Å². The first-order valence-corrected chi connectivity index (χ1v) is 6.19. The molecule has 0 saturated heterocycles. The Kier molecular flexibility index (Phi) is 3.44. The second kappa shape index (κ2) is 4.83. The lowest BCUT2D eigenvalue weighted by atomic mass is 9.75. The van der Waals surface area contributed by atoms with Crippen molar-refractivity contribution in [2.24, 2.45) is 0 Å². The molecule has 1 saturated carbocycles. The molecule has 0 atom stereocenters. The molecule has 1 aromatic heterocycles. The van der Waals surface area contributed by atoms with E-state index in [0.29, 0.717) is 5.54 Å². The van der Waals surface area contributed by atoms with Crippen LogP contribution in [0, 0.1) is 0 Å². The Bertz CT molecular complexity index is 322. The van der Waals surface area contributed by atoms with E-state index in [2.05, 4.69) is 17.2 Å². The van der Waals surface area contributed by atoms with Gasteiger partial charge in [0.1, 0.15) is 0 Å². The molecule has 16 heavy (non-hydrogen) atoms. The van der Waals surface area contributed by atoms with Gasteiger partial charge in [-0.2, -0.15) is 0 Å². The maximum atomic E-state index is 5.60. The number of aromatic nitrogens is 1. The molecule has 3 nitrogen and oxygen atoms in total. The van der Waals surface area contributed by atoms with Crippen molar-refractivity contribution >= 4 is 5.69 Å². The van der Waals surface area contributed by atoms with Crippen LogP contribution >= 0.6 is 0 Å². The average Bonchev–Trinajstić information content (AvgIpc) is 2.25. The molecule has 3 heteroatoms. The van der Waals surface area contributed by atoms with E-state index < -0.39 is 0 Å². The number of nitrogens with one attached hydrogen (secondary N) is 1. The van der Waals surface area contributed by atoms with E-state index in [-0.39, 0.29) is 0 Å².